The summed E-state index contributed by atoms with van der Waals surface area (Å²) < 4.78 is 10.5. The van der Waals surface area contributed by atoms with E-state index in [1.165, 1.54) is 27.8 Å². The molecule has 6 saturated heterocycles. The van der Waals surface area contributed by atoms with Gasteiger partial charge in [0, 0.05) is 117 Å². The largest absolute Gasteiger partial charge is 0.444 e. The molecular weight excluding hydrogens is 1160 g/mol. The summed E-state index contributed by atoms with van der Waals surface area (Å²) in [7, 11) is 0. The molecule has 6 fully saturated rings. The SMILES string of the molecule is CC(=O)NC1(C)CCN(Cc2ccccc2)C1.CC1(N)CCN(Cc2ccccc2)C1.CC1(NC(=O)OC(C)(C)C)CCN(Cc2ccccc2)C1.CC1(NC(=O)OC(C)(C)C)CCNC1.CC1(O)CCN(Cc2ccccc2)C1.O=C1CCN(Cc2ccccc2)C1. The molecule has 6 heterocycles. The molecule has 5 aromatic rings. The molecule has 510 valence electrons. The Balaban J connectivity index is 0.000000178. The van der Waals surface area contributed by atoms with Crippen LogP contribution in [0.3, 0.4) is 0 Å². The maximum absolute atomic E-state index is 11.9. The van der Waals surface area contributed by atoms with Crippen molar-refractivity contribution < 1.29 is 33.8 Å². The van der Waals surface area contributed by atoms with E-state index in [2.05, 4.69) is 182 Å². The number of rotatable bonds is 13. The van der Waals surface area contributed by atoms with Gasteiger partial charge in [-0.2, -0.15) is 0 Å². The van der Waals surface area contributed by atoms with Gasteiger partial charge < -0.3 is 41.6 Å². The van der Waals surface area contributed by atoms with Crippen molar-refractivity contribution in [3.05, 3.63) is 179 Å². The van der Waals surface area contributed by atoms with Crippen LogP contribution in [-0.4, -0.2) is 171 Å². The first-order valence-corrected chi connectivity index (χ1v) is 33.7. The first kappa shape index (κ1) is 75.5. The average molecular weight is 1280 g/mol. The van der Waals surface area contributed by atoms with Crippen LogP contribution in [0.1, 0.15) is 149 Å². The van der Waals surface area contributed by atoms with Crippen LogP contribution in [0.2, 0.25) is 0 Å². The zero-order valence-electron chi connectivity index (χ0n) is 58.4. The van der Waals surface area contributed by atoms with Gasteiger partial charge in [-0.15, -0.1) is 0 Å². The van der Waals surface area contributed by atoms with Crippen LogP contribution in [0, 0.1) is 0 Å². The molecule has 0 aromatic heterocycles. The molecule has 6 aliphatic heterocycles. The fourth-order valence-electron chi connectivity index (χ4n) is 12.5. The molecule has 17 nitrogen and oxygen atoms in total. The molecule has 0 saturated carbocycles. The Morgan fingerprint density at radius 1 is 0.473 bits per heavy atom. The number of β-amino-alcohol motifs (C(OH)–C–C–N with tert-alkyl or cyclic N) is 1. The minimum atomic E-state index is -0.477. The number of alkyl carbamates (subject to hydrolysis) is 2. The molecule has 93 heavy (non-hydrogen) atoms. The van der Waals surface area contributed by atoms with Crippen LogP contribution in [0.4, 0.5) is 9.59 Å². The Kier molecular flexibility index (Phi) is 28.6. The summed E-state index contributed by atoms with van der Waals surface area (Å²) in [5.74, 6) is 0.435. The molecule has 3 amide bonds. The van der Waals surface area contributed by atoms with Crippen molar-refractivity contribution in [2.45, 2.75) is 193 Å². The fraction of sp³-hybridized carbons (Fsp3) is 0.553. The number of hydrogen-bond acceptors (Lipinski definition) is 14. The second kappa shape index (κ2) is 35.3. The zero-order valence-corrected chi connectivity index (χ0v) is 58.4. The molecule has 17 heteroatoms. The van der Waals surface area contributed by atoms with Crippen molar-refractivity contribution in [1.29, 1.82) is 0 Å². The van der Waals surface area contributed by atoms with Crippen molar-refractivity contribution in [3.63, 3.8) is 0 Å². The van der Waals surface area contributed by atoms with Gasteiger partial charge in [0.2, 0.25) is 5.91 Å². The molecule has 5 aromatic carbocycles. The van der Waals surface area contributed by atoms with Crippen molar-refractivity contribution in [2.75, 3.05) is 78.5 Å². The van der Waals surface area contributed by atoms with Gasteiger partial charge in [0.25, 0.3) is 0 Å². The van der Waals surface area contributed by atoms with E-state index < -0.39 is 16.8 Å². The molecule has 11 rings (SSSR count). The van der Waals surface area contributed by atoms with E-state index in [0.717, 1.165) is 143 Å². The highest BCUT2D eigenvalue weighted by Gasteiger charge is 2.38. The molecule has 0 bridgehead atoms. The van der Waals surface area contributed by atoms with E-state index in [1.54, 1.807) is 6.92 Å². The number of Topliss-reactive ketones (excluding diaryl/α,β-unsaturated/α-hetero) is 1. The number of aliphatic hydroxyl groups is 1. The quantitative estimate of drug-likeness (QED) is 0.0651. The smallest absolute Gasteiger partial charge is 0.408 e. The Bertz CT molecular complexity index is 2950. The number of ether oxygens (including phenoxy) is 2. The lowest BCUT2D eigenvalue weighted by atomic mass is 10.0. The fourth-order valence-corrected chi connectivity index (χ4v) is 12.5. The normalized spacial score (nSPS) is 24.9. The lowest BCUT2D eigenvalue weighted by Gasteiger charge is -2.28. The van der Waals surface area contributed by atoms with E-state index >= 15 is 0 Å². The number of nitrogens with zero attached hydrogens (tertiary/aromatic N) is 5. The number of amides is 3. The highest BCUT2D eigenvalue weighted by Crippen LogP contribution is 2.26. The summed E-state index contributed by atoms with van der Waals surface area (Å²) in [4.78, 5) is 57.2. The predicted octanol–water partition coefficient (Wildman–Crippen LogP) is 10.9. The number of carbonyl (C=O) groups excluding carboxylic acids is 4. The van der Waals surface area contributed by atoms with Crippen molar-refractivity contribution in [2.24, 2.45) is 5.73 Å². The van der Waals surface area contributed by atoms with Crippen molar-refractivity contribution in [1.82, 2.24) is 45.8 Å². The maximum atomic E-state index is 11.9. The Labute approximate surface area is 557 Å². The first-order valence-electron chi connectivity index (χ1n) is 33.7. The van der Waals surface area contributed by atoms with E-state index in [0.29, 0.717) is 12.3 Å². The molecule has 6 aliphatic rings. The molecule has 5 atom stereocenters. The van der Waals surface area contributed by atoms with Crippen LogP contribution in [0.25, 0.3) is 0 Å². The van der Waals surface area contributed by atoms with Crippen molar-refractivity contribution in [3.8, 4) is 0 Å². The number of hydrogen-bond donors (Lipinski definition) is 6. The molecule has 0 radical (unpaired) electrons. The second-order valence-corrected chi connectivity index (χ2v) is 30.0. The number of ketones is 1. The maximum Gasteiger partial charge on any atom is 0.408 e. The van der Waals surface area contributed by atoms with Gasteiger partial charge in [-0.1, -0.05) is 152 Å². The first-order chi connectivity index (χ1) is 43.8. The van der Waals surface area contributed by atoms with Crippen LogP contribution < -0.4 is 27.0 Å². The minimum absolute atomic E-state index is 0.0226. The third-order valence-electron chi connectivity index (χ3n) is 17.0. The average Bonchev–Trinajstić information content (AvgIpc) is 1.79. The highest BCUT2D eigenvalue weighted by molar-refractivity contribution is 5.82. The van der Waals surface area contributed by atoms with Gasteiger partial charge in [-0.25, -0.2) is 9.59 Å². The van der Waals surface area contributed by atoms with Crippen LogP contribution in [0.5, 0.6) is 0 Å². The third kappa shape index (κ3) is 30.2. The van der Waals surface area contributed by atoms with E-state index in [1.807, 2.05) is 91.8 Å². The summed E-state index contributed by atoms with van der Waals surface area (Å²) in [5.41, 5.74) is 11.0. The molecular formula is C76H114N10O7. The standard InChI is InChI=1S/C17H26N2O2.C14H20N2O.C12H18N2.C12H17NO.C11H13NO.C10H20N2O2/c1-16(2,3)21-15(20)18-17(4)10-11-19(13-17)12-14-8-6-5-7-9-14;1-12(17)15-14(2)8-9-16(11-14)10-13-6-4-3-5-7-13;1-12(13)7-8-14(10-12)9-11-5-3-2-4-6-11;1-12(14)7-8-13(10-12)9-11-5-3-2-4-6-11;13-11-6-7-12(9-11)8-10-4-2-1-3-5-10;1-9(2,3)14-8(13)12-10(4)5-6-11-7-10/h5-9H,10-13H2,1-4H3,(H,18,20);3-7H,8-11H2,1-2H3,(H,15,17);2-6H,7-10,13H2,1H3;2-6,14H,7-10H2,1H3;1-5H,6-9H2;11H,5-7H2,1-4H3,(H,12,13). The van der Waals surface area contributed by atoms with E-state index in [4.69, 9.17) is 15.2 Å². The molecule has 0 aliphatic carbocycles. The molecule has 0 spiro atoms. The van der Waals surface area contributed by atoms with Gasteiger partial charge in [0.05, 0.1) is 28.8 Å². The summed E-state index contributed by atoms with van der Waals surface area (Å²) in [6, 6.07) is 52.2. The van der Waals surface area contributed by atoms with Crippen LogP contribution in [0.15, 0.2) is 152 Å². The summed E-state index contributed by atoms with van der Waals surface area (Å²) in [6.45, 7) is 39.0. The van der Waals surface area contributed by atoms with E-state index in [-0.39, 0.29) is 40.2 Å². The minimum Gasteiger partial charge on any atom is -0.444 e. The van der Waals surface area contributed by atoms with Gasteiger partial charge >= 0.3 is 12.2 Å². The van der Waals surface area contributed by atoms with Crippen LogP contribution in [-0.2, 0) is 51.8 Å². The van der Waals surface area contributed by atoms with Gasteiger partial charge in [-0.05, 0) is 143 Å². The number of carbonyl (C=O) groups is 4. The third-order valence-corrected chi connectivity index (χ3v) is 17.0. The Morgan fingerprint density at radius 2 is 0.817 bits per heavy atom. The van der Waals surface area contributed by atoms with E-state index in [9.17, 15) is 24.3 Å². The zero-order chi connectivity index (χ0) is 67.8. The van der Waals surface area contributed by atoms with Crippen LogP contribution >= 0.6 is 0 Å². The number of likely N-dealkylation sites (tertiary alicyclic amines) is 5. The van der Waals surface area contributed by atoms with Gasteiger partial charge in [0.1, 0.15) is 17.0 Å². The topological polar surface area (TPSA) is 197 Å². The summed E-state index contributed by atoms with van der Waals surface area (Å²) >= 11 is 0. The predicted molar refractivity (Wildman–Crippen MR) is 375 cm³/mol. The highest BCUT2D eigenvalue weighted by atomic mass is 16.6. The Hall–Kier alpha value is -6.54. The Morgan fingerprint density at radius 3 is 1.13 bits per heavy atom. The van der Waals surface area contributed by atoms with Gasteiger partial charge in [-0.3, -0.25) is 34.1 Å². The summed E-state index contributed by atoms with van der Waals surface area (Å²) in [6.07, 6.45) is 4.99. The lowest BCUT2D eigenvalue weighted by Crippen LogP contribution is -2.49. The number of nitrogens with two attached hydrogens (primary N) is 1. The number of nitrogens with one attached hydrogen (secondary N) is 4. The monoisotopic (exact) mass is 1280 g/mol. The molecule has 7 N–H and O–H groups in total. The lowest BCUT2D eigenvalue weighted by molar-refractivity contribution is -0.120. The number of benzene rings is 5. The second-order valence-electron chi connectivity index (χ2n) is 30.0. The van der Waals surface area contributed by atoms with Gasteiger partial charge in [0.15, 0.2) is 0 Å². The molecule has 5 unspecified atom stereocenters. The summed E-state index contributed by atoms with van der Waals surface area (Å²) in [5, 5.41) is 22.0. The van der Waals surface area contributed by atoms with Crippen molar-refractivity contribution >= 4 is 23.9 Å².